The van der Waals surface area contributed by atoms with Crippen molar-refractivity contribution in [3.8, 4) is 11.1 Å². The van der Waals surface area contributed by atoms with Gasteiger partial charge in [0.25, 0.3) is 0 Å². The lowest BCUT2D eigenvalue weighted by atomic mass is 9.98. The number of nitrogens with one attached hydrogen (secondary N) is 1. The number of hydrogen-bond donors (Lipinski definition) is 1. The summed E-state index contributed by atoms with van der Waals surface area (Å²) in [5.41, 5.74) is 6.81. The van der Waals surface area contributed by atoms with Gasteiger partial charge in [0, 0.05) is 17.8 Å². The number of nitrogens with zero attached hydrogens (tertiary/aromatic N) is 1. The maximum atomic E-state index is 12.3. The molecule has 0 spiro atoms. The predicted molar refractivity (Wildman–Crippen MR) is 133 cm³/mol. The van der Waals surface area contributed by atoms with Crippen LogP contribution < -0.4 is 5.32 Å². The van der Waals surface area contributed by atoms with Gasteiger partial charge in [0.2, 0.25) is 0 Å². The highest BCUT2D eigenvalue weighted by Crippen LogP contribution is 2.44. The van der Waals surface area contributed by atoms with Crippen molar-refractivity contribution in [2.45, 2.75) is 12.3 Å². The average molecular weight is 455 g/mol. The van der Waals surface area contributed by atoms with Crippen LogP contribution in [0.25, 0.3) is 28.1 Å². The lowest BCUT2D eigenvalue weighted by Crippen LogP contribution is -2.26. The van der Waals surface area contributed by atoms with Crippen molar-refractivity contribution >= 4 is 34.7 Å². The zero-order valence-electron chi connectivity index (χ0n) is 18.0. The van der Waals surface area contributed by atoms with Gasteiger partial charge in [0.05, 0.1) is 5.52 Å². The van der Waals surface area contributed by atoms with Crippen molar-refractivity contribution in [1.29, 1.82) is 0 Å². The summed E-state index contributed by atoms with van der Waals surface area (Å²) >= 11 is 5.94. The van der Waals surface area contributed by atoms with Gasteiger partial charge in [0.1, 0.15) is 11.8 Å². The molecule has 164 valence electrons. The smallest absolute Gasteiger partial charge is 0.407 e. The highest BCUT2D eigenvalue weighted by molar-refractivity contribution is 6.29. The van der Waals surface area contributed by atoms with Crippen molar-refractivity contribution in [1.82, 2.24) is 10.3 Å². The summed E-state index contributed by atoms with van der Waals surface area (Å²) in [5.74, 6) is 0.0697. The Hall–Kier alpha value is -3.63. The minimum absolute atomic E-state index is 0.0697. The summed E-state index contributed by atoms with van der Waals surface area (Å²) in [5, 5.41) is 4.37. The third-order valence-corrected chi connectivity index (χ3v) is 6.12. The molecule has 0 atom stereocenters. The quantitative estimate of drug-likeness (QED) is 0.256. The van der Waals surface area contributed by atoms with Crippen LogP contribution in [0, 0.1) is 0 Å². The second-order valence-electron chi connectivity index (χ2n) is 8.03. The molecule has 1 heterocycles. The molecule has 1 amide bonds. The van der Waals surface area contributed by atoms with Gasteiger partial charge in [-0.25, -0.2) is 9.78 Å². The first kappa shape index (κ1) is 21.2. The molecule has 1 aliphatic rings. The van der Waals surface area contributed by atoms with Gasteiger partial charge in [0.15, 0.2) is 0 Å². The third kappa shape index (κ3) is 4.62. The molecule has 0 unspecified atom stereocenters. The van der Waals surface area contributed by atoms with E-state index in [9.17, 15) is 4.79 Å². The maximum absolute atomic E-state index is 12.3. The number of carbonyl (C=O) groups is 1. The number of halogens is 1. The SMILES string of the molecule is O=C(NCCC=Cc1ccc2nc(Cl)ccc2c1)OCC1c2ccccc2-c2ccccc21. The molecule has 5 rings (SSSR count). The Morgan fingerprint density at radius 3 is 2.45 bits per heavy atom. The van der Waals surface area contributed by atoms with Crippen molar-refractivity contribution < 1.29 is 9.53 Å². The van der Waals surface area contributed by atoms with Gasteiger partial charge in [-0.05, 0) is 58.5 Å². The molecule has 0 aliphatic heterocycles. The van der Waals surface area contributed by atoms with Gasteiger partial charge in [-0.2, -0.15) is 0 Å². The van der Waals surface area contributed by atoms with E-state index in [2.05, 4.69) is 40.6 Å². The number of fused-ring (bicyclic) bond motifs is 4. The van der Waals surface area contributed by atoms with Crippen LogP contribution in [0.15, 0.2) is 84.9 Å². The summed E-state index contributed by atoms with van der Waals surface area (Å²) in [6.07, 6.45) is 4.39. The van der Waals surface area contributed by atoms with E-state index in [1.54, 1.807) is 6.07 Å². The normalized spacial score (nSPS) is 12.6. The molecule has 5 heteroatoms. The van der Waals surface area contributed by atoms with Crippen LogP contribution in [0.1, 0.15) is 29.0 Å². The Morgan fingerprint density at radius 2 is 1.70 bits per heavy atom. The molecule has 0 bridgehead atoms. The highest BCUT2D eigenvalue weighted by Gasteiger charge is 2.28. The van der Waals surface area contributed by atoms with E-state index in [0.29, 0.717) is 24.7 Å². The Labute approximate surface area is 197 Å². The van der Waals surface area contributed by atoms with Gasteiger partial charge in [-0.1, -0.05) is 78.4 Å². The van der Waals surface area contributed by atoms with Crippen LogP contribution in [0.3, 0.4) is 0 Å². The second kappa shape index (κ2) is 9.47. The Morgan fingerprint density at radius 1 is 0.970 bits per heavy atom. The molecule has 0 saturated heterocycles. The number of benzene rings is 3. The maximum Gasteiger partial charge on any atom is 0.407 e. The molecule has 1 aliphatic carbocycles. The minimum atomic E-state index is -0.390. The fourth-order valence-electron chi connectivity index (χ4n) is 4.35. The highest BCUT2D eigenvalue weighted by atomic mass is 35.5. The van der Waals surface area contributed by atoms with E-state index < -0.39 is 0 Å². The first-order valence-electron chi connectivity index (χ1n) is 11.0. The number of alkyl carbamates (subject to hydrolysis) is 1. The number of ether oxygens (including phenoxy) is 1. The number of carbonyl (C=O) groups excluding carboxylic acids is 1. The van der Waals surface area contributed by atoms with Crippen LogP contribution in [0.2, 0.25) is 5.15 Å². The molecule has 1 N–H and O–H groups in total. The summed E-state index contributed by atoms with van der Waals surface area (Å²) in [6, 6.07) is 26.4. The molecule has 0 radical (unpaired) electrons. The molecule has 0 saturated carbocycles. The van der Waals surface area contributed by atoms with E-state index in [-0.39, 0.29) is 12.0 Å². The minimum Gasteiger partial charge on any atom is -0.449 e. The molecule has 33 heavy (non-hydrogen) atoms. The van der Waals surface area contributed by atoms with Crippen molar-refractivity contribution in [3.63, 3.8) is 0 Å². The number of aromatic nitrogens is 1. The summed E-state index contributed by atoms with van der Waals surface area (Å²) in [7, 11) is 0. The summed E-state index contributed by atoms with van der Waals surface area (Å²) in [4.78, 5) is 16.6. The van der Waals surface area contributed by atoms with E-state index in [1.165, 1.54) is 22.3 Å². The molecular weight excluding hydrogens is 432 g/mol. The number of hydrogen-bond acceptors (Lipinski definition) is 3. The molecule has 1 aromatic heterocycles. The Kier molecular flexibility index (Phi) is 6.09. The topological polar surface area (TPSA) is 51.2 Å². The first-order chi connectivity index (χ1) is 16.2. The standard InChI is InChI=1S/C28H23ClN2O2/c29-27-15-13-20-17-19(12-14-26(20)31-27)7-5-6-16-30-28(32)33-18-25-23-10-3-1-8-21(23)22-9-2-4-11-24(22)25/h1-5,7-15,17,25H,6,16,18H2,(H,30,32). The fourth-order valence-corrected chi connectivity index (χ4v) is 4.50. The second-order valence-corrected chi connectivity index (χ2v) is 8.42. The third-order valence-electron chi connectivity index (χ3n) is 5.91. The largest absolute Gasteiger partial charge is 0.449 e. The predicted octanol–water partition coefficient (Wildman–Crippen LogP) is 6.83. The fraction of sp³-hybridized carbons (Fsp3) is 0.143. The van der Waals surface area contributed by atoms with E-state index in [4.69, 9.17) is 16.3 Å². The first-order valence-corrected chi connectivity index (χ1v) is 11.4. The molecule has 4 nitrogen and oxygen atoms in total. The van der Waals surface area contributed by atoms with Gasteiger partial charge >= 0.3 is 6.09 Å². The van der Waals surface area contributed by atoms with Crippen LogP contribution in [-0.4, -0.2) is 24.2 Å². The lowest BCUT2D eigenvalue weighted by molar-refractivity contribution is 0.143. The average Bonchev–Trinajstić information content (AvgIpc) is 3.16. The van der Waals surface area contributed by atoms with E-state index in [0.717, 1.165) is 16.5 Å². The van der Waals surface area contributed by atoms with Crippen LogP contribution >= 0.6 is 11.6 Å². The number of pyridine rings is 1. The number of amides is 1. The zero-order valence-corrected chi connectivity index (χ0v) is 18.8. The van der Waals surface area contributed by atoms with Crippen molar-refractivity contribution in [2.75, 3.05) is 13.2 Å². The van der Waals surface area contributed by atoms with E-state index in [1.807, 2.05) is 54.6 Å². The molecule has 0 fully saturated rings. The summed E-state index contributed by atoms with van der Waals surface area (Å²) < 4.78 is 5.57. The number of rotatable bonds is 6. The van der Waals surface area contributed by atoms with Gasteiger partial charge in [-0.15, -0.1) is 0 Å². The lowest BCUT2D eigenvalue weighted by Gasteiger charge is -2.14. The van der Waals surface area contributed by atoms with Crippen LogP contribution in [-0.2, 0) is 4.74 Å². The molecular formula is C28H23ClN2O2. The van der Waals surface area contributed by atoms with Crippen LogP contribution in [0.4, 0.5) is 4.79 Å². The van der Waals surface area contributed by atoms with Gasteiger partial charge in [-0.3, -0.25) is 0 Å². The Bertz CT molecular complexity index is 1300. The van der Waals surface area contributed by atoms with E-state index >= 15 is 0 Å². The zero-order chi connectivity index (χ0) is 22.6. The monoisotopic (exact) mass is 454 g/mol. The van der Waals surface area contributed by atoms with Crippen molar-refractivity contribution in [2.24, 2.45) is 0 Å². The van der Waals surface area contributed by atoms with Crippen LogP contribution in [0.5, 0.6) is 0 Å². The molecule has 3 aromatic carbocycles. The molecule has 4 aromatic rings. The van der Waals surface area contributed by atoms with Crippen molar-refractivity contribution in [3.05, 3.63) is 107 Å². The van der Waals surface area contributed by atoms with Gasteiger partial charge < -0.3 is 10.1 Å². The Balaban J connectivity index is 1.12. The summed E-state index contributed by atoms with van der Waals surface area (Å²) in [6.45, 7) is 0.836.